The zero-order valence-corrected chi connectivity index (χ0v) is 19.7. The molecule has 2 saturated heterocycles. The van der Waals surface area contributed by atoms with Gasteiger partial charge < -0.3 is 15.2 Å². The van der Waals surface area contributed by atoms with Gasteiger partial charge in [0.1, 0.15) is 11.5 Å². The number of amides is 1. The number of nitrogens with one attached hydrogen (secondary N) is 1. The molecule has 1 amide bonds. The number of benzene rings is 2. The second-order valence-corrected chi connectivity index (χ2v) is 9.53. The number of nitrogens with zero attached hydrogens (tertiary/aromatic N) is 2. The van der Waals surface area contributed by atoms with E-state index in [0.717, 1.165) is 76.3 Å². The zero-order valence-electron chi connectivity index (χ0n) is 19.7. The summed E-state index contributed by atoms with van der Waals surface area (Å²) in [5.74, 6) is 1.90. The minimum atomic E-state index is 0.199. The van der Waals surface area contributed by atoms with Gasteiger partial charge in [-0.1, -0.05) is 30.3 Å². The Kier molecular flexibility index (Phi) is 8.24. The smallest absolute Gasteiger partial charge is 0.220 e. The van der Waals surface area contributed by atoms with E-state index in [1.165, 1.54) is 5.56 Å². The summed E-state index contributed by atoms with van der Waals surface area (Å²) in [6.07, 6.45) is 4.83. The van der Waals surface area contributed by atoms with Crippen molar-refractivity contribution in [2.24, 2.45) is 5.92 Å². The first-order valence-electron chi connectivity index (χ1n) is 12.2. The van der Waals surface area contributed by atoms with Crippen molar-refractivity contribution >= 4 is 5.91 Å². The van der Waals surface area contributed by atoms with Crippen molar-refractivity contribution in [1.82, 2.24) is 15.1 Å². The number of piperidine rings is 1. The lowest BCUT2D eigenvalue weighted by Crippen LogP contribution is -2.37. The quantitative estimate of drug-likeness (QED) is 0.607. The van der Waals surface area contributed by atoms with Gasteiger partial charge in [0.05, 0.1) is 7.11 Å². The van der Waals surface area contributed by atoms with Gasteiger partial charge in [-0.3, -0.25) is 14.6 Å². The molecular formula is C27H37N3O3. The van der Waals surface area contributed by atoms with E-state index in [4.69, 9.17) is 4.74 Å². The molecule has 0 spiro atoms. The van der Waals surface area contributed by atoms with Crippen molar-refractivity contribution in [3.63, 3.8) is 0 Å². The van der Waals surface area contributed by atoms with Crippen LogP contribution in [0.4, 0.5) is 0 Å². The van der Waals surface area contributed by atoms with Crippen LogP contribution in [-0.2, 0) is 17.9 Å². The van der Waals surface area contributed by atoms with Gasteiger partial charge in [-0.15, -0.1) is 0 Å². The van der Waals surface area contributed by atoms with E-state index in [0.29, 0.717) is 18.1 Å². The molecule has 1 atom stereocenters. The average Bonchev–Trinajstić information content (AvgIpc) is 3.27. The van der Waals surface area contributed by atoms with Crippen LogP contribution in [0, 0.1) is 5.92 Å². The molecule has 6 heteroatoms. The fraction of sp³-hybridized carbons (Fsp3) is 0.519. The van der Waals surface area contributed by atoms with E-state index in [2.05, 4.69) is 39.4 Å². The summed E-state index contributed by atoms with van der Waals surface area (Å²) >= 11 is 0. The number of hydrogen-bond acceptors (Lipinski definition) is 5. The summed E-state index contributed by atoms with van der Waals surface area (Å²) in [7, 11) is 1.64. The molecule has 6 nitrogen and oxygen atoms in total. The summed E-state index contributed by atoms with van der Waals surface area (Å²) in [5, 5.41) is 13.4. The molecule has 33 heavy (non-hydrogen) atoms. The van der Waals surface area contributed by atoms with Crippen LogP contribution >= 0.6 is 0 Å². The van der Waals surface area contributed by atoms with E-state index in [1.807, 2.05) is 12.1 Å². The van der Waals surface area contributed by atoms with Crippen molar-refractivity contribution in [2.75, 3.05) is 33.3 Å². The Labute approximate surface area is 197 Å². The van der Waals surface area contributed by atoms with Gasteiger partial charge >= 0.3 is 0 Å². The normalized spacial score (nSPS) is 20.1. The Morgan fingerprint density at radius 1 is 1.03 bits per heavy atom. The van der Waals surface area contributed by atoms with Crippen LogP contribution in [0.5, 0.6) is 11.5 Å². The third-order valence-corrected chi connectivity index (χ3v) is 7.05. The Hall–Kier alpha value is -2.57. The van der Waals surface area contributed by atoms with Crippen molar-refractivity contribution in [3.05, 3.63) is 59.7 Å². The number of phenolic OH excluding ortho intramolecular Hbond substituents is 1. The topological polar surface area (TPSA) is 65.0 Å². The fourth-order valence-corrected chi connectivity index (χ4v) is 5.06. The van der Waals surface area contributed by atoms with E-state index in [-0.39, 0.29) is 11.9 Å². The predicted molar refractivity (Wildman–Crippen MR) is 130 cm³/mol. The first-order valence-corrected chi connectivity index (χ1v) is 12.2. The molecule has 0 radical (unpaired) electrons. The number of likely N-dealkylation sites (tertiary alicyclic amines) is 2. The molecule has 2 aliphatic heterocycles. The van der Waals surface area contributed by atoms with Crippen LogP contribution in [0.2, 0.25) is 0 Å². The van der Waals surface area contributed by atoms with Crippen LogP contribution in [0.15, 0.2) is 48.5 Å². The third-order valence-electron chi connectivity index (χ3n) is 7.05. The van der Waals surface area contributed by atoms with Gasteiger partial charge in [-0.2, -0.15) is 0 Å². The highest BCUT2D eigenvalue weighted by molar-refractivity contribution is 5.76. The minimum absolute atomic E-state index is 0.199. The van der Waals surface area contributed by atoms with Crippen LogP contribution in [-0.4, -0.2) is 60.1 Å². The maximum atomic E-state index is 12.5. The lowest BCUT2D eigenvalue weighted by molar-refractivity contribution is -0.122. The van der Waals surface area contributed by atoms with Gasteiger partial charge in [0.2, 0.25) is 5.91 Å². The first-order chi connectivity index (χ1) is 16.1. The molecule has 2 aromatic rings. The van der Waals surface area contributed by atoms with E-state index in [9.17, 15) is 9.90 Å². The SMILES string of the molecule is COc1ccc(O)c(CN2CCC(CCC(=O)NC3CCN(Cc4ccccc4)C3)CC2)c1. The van der Waals surface area contributed by atoms with Crippen molar-refractivity contribution < 1.29 is 14.6 Å². The Morgan fingerprint density at radius 3 is 2.55 bits per heavy atom. The zero-order chi connectivity index (χ0) is 23.0. The highest BCUT2D eigenvalue weighted by atomic mass is 16.5. The summed E-state index contributed by atoms with van der Waals surface area (Å²) in [6, 6.07) is 16.2. The molecule has 2 heterocycles. The summed E-state index contributed by atoms with van der Waals surface area (Å²) < 4.78 is 5.28. The highest BCUT2D eigenvalue weighted by Crippen LogP contribution is 2.27. The Morgan fingerprint density at radius 2 is 1.79 bits per heavy atom. The molecule has 4 rings (SSSR count). The molecule has 2 N–H and O–H groups in total. The van der Waals surface area contributed by atoms with Crippen LogP contribution in [0.3, 0.4) is 0 Å². The number of hydrogen-bond donors (Lipinski definition) is 2. The maximum Gasteiger partial charge on any atom is 0.220 e. The van der Waals surface area contributed by atoms with Crippen molar-refractivity contribution in [1.29, 1.82) is 0 Å². The lowest BCUT2D eigenvalue weighted by atomic mass is 9.91. The molecule has 1 unspecified atom stereocenters. The van der Waals surface area contributed by atoms with Gasteiger partial charge in [-0.05, 0) is 68.5 Å². The number of phenols is 1. The number of rotatable bonds is 9. The molecule has 2 fully saturated rings. The van der Waals surface area contributed by atoms with Crippen LogP contribution in [0.1, 0.15) is 43.2 Å². The molecular weight excluding hydrogens is 414 g/mol. The number of carbonyl (C=O) groups excluding carboxylic acids is 1. The standard InChI is InChI=1S/C27H37N3O3/c1-33-25-8-9-26(31)23(17-25)19-29-14-11-21(12-15-29)7-10-27(32)28-24-13-16-30(20-24)18-22-5-3-2-4-6-22/h2-6,8-9,17,21,24,31H,7,10-16,18-20H2,1H3,(H,28,32). The minimum Gasteiger partial charge on any atom is -0.508 e. The molecule has 0 bridgehead atoms. The Balaban J connectivity index is 1.13. The maximum absolute atomic E-state index is 12.5. The monoisotopic (exact) mass is 451 g/mol. The van der Waals surface area contributed by atoms with Crippen LogP contribution < -0.4 is 10.1 Å². The second-order valence-electron chi connectivity index (χ2n) is 9.53. The molecule has 2 aliphatic rings. The van der Waals surface area contributed by atoms with Crippen molar-refractivity contribution in [2.45, 2.75) is 51.2 Å². The highest BCUT2D eigenvalue weighted by Gasteiger charge is 2.25. The summed E-state index contributed by atoms with van der Waals surface area (Å²) in [6.45, 7) is 5.67. The molecule has 0 saturated carbocycles. The Bertz CT molecular complexity index is 897. The van der Waals surface area contributed by atoms with Gasteiger partial charge in [-0.25, -0.2) is 0 Å². The third kappa shape index (κ3) is 6.95. The number of methoxy groups -OCH3 is 1. The van der Waals surface area contributed by atoms with E-state index in [1.54, 1.807) is 19.2 Å². The fourth-order valence-electron chi connectivity index (χ4n) is 5.06. The summed E-state index contributed by atoms with van der Waals surface area (Å²) in [4.78, 5) is 17.3. The molecule has 178 valence electrons. The van der Waals surface area contributed by atoms with Gasteiger partial charge in [0.15, 0.2) is 0 Å². The van der Waals surface area contributed by atoms with Gasteiger partial charge in [0.25, 0.3) is 0 Å². The first kappa shape index (κ1) is 23.6. The average molecular weight is 452 g/mol. The molecule has 0 aliphatic carbocycles. The largest absolute Gasteiger partial charge is 0.508 e. The molecule has 0 aromatic heterocycles. The summed E-state index contributed by atoms with van der Waals surface area (Å²) in [5.41, 5.74) is 2.24. The van der Waals surface area contributed by atoms with Crippen LogP contribution in [0.25, 0.3) is 0 Å². The number of ether oxygens (including phenoxy) is 1. The number of carbonyl (C=O) groups is 1. The van der Waals surface area contributed by atoms with E-state index < -0.39 is 0 Å². The lowest BCUT2D eigenvalue weighted by Gasteiger charge is -2.32. The number of aromatic hydroxyl groups is 1. The predicted octanol–water partition coefficient (Wildman–Crippen LogP) is 3.78. The van der Waals surface area contributed by atoms with Gasteiger partial charge in [0, 0.05) is 44.2 Å². The second kappa shape index (κ2) is 11.5. The van der Waals surface area contributed by atoms with E-state index >= 15 is 0 Å². The van der Waals surface area contributed by atoms with Crippen molar-refractivity contribution in [3.8, 4) is 11.5 Å². The molecule has 2 aromatic carbocycles.